The highest BCUT2D eigenvalue weighted by atomic mass is 16.4. The Kier molecular flexibility index (Phi) is 5.71. The molecule has 3 rings (SSSR count). The second kappa shape index (κ2) is 8.54. The van der Waals surface area contributed by atoms with Crippen molar-refractivity contribution in [1.82, 2.24) is 0 Å². The average Bonchev–Trinajstić information content (AvgIpc) is 3.23. The SMILES string of the molecule is N#Cc1cccc(C(=O)CC(=O)Nc2cc(-c3ccco3)ccc2NC(=O)O)c1. The topological polar surface area (TPSA) is 132 Å². The molecule has 29 heavy (non-hydrogen) atoms. The van der Waals surface area contributed by atoms with Gasteiger partial charge in [0, 0.05) is 11.1 Å². The summed E-state index contributed by atoms with van der Waals surface area (Å²) in [6.07, 6.45) is -0.271. The Balaban J connectivity index is 1.80. The number of hydrogen-bond acceptors (Lipinski definition) is 5. The van der Waals surface area contributed by atoms with Crippen LogP contribution in [0.15, 0.2) is 65.3 Å². The van der Waals surface area contributed by atoms with Crippen LogP contribution in [-0.2, 0) is 4.79 Å². The van der Waals surface area contributed by atoms with Gasteiger partial charge in [-0.15, -0.1) is 0 Å². The Morgan fingerprint density at radius 2 is 1.83 bits per heavy atom. The van der Waals surface area contributed by atoms with Crippen LogP contribution in [0.2, 0.25) is 0 Å². The van der Waals surface area contributed by atoms with E-state index in [4.69, 9.17) is 14.8 Å². The molecule has 0 radical (unpaired) electrons. The molecule has 0 saturated heterocycles. The molecule has 0 bridgehead atoms. The van der Waals surface area contributed by atoms with Gasteiger partial charge in [0.1, 0.15) is 5.76 Å². The van der Waals surface area contributed by atoms with E-state index in [1.165, 1.54) is 24.5 Å². The van der Waals surface area contributed by atoms with Crippen molar-refractivity contribution in [3.63, 3.8) is 0 Å². The molecule has 0 atom stereocenters. The van der Waals surface area contributed by atoms with Crippen molar-refractivity contribution in [1.29, 1.82) is 5.26 Å². The quantitative estimate of drug-likeness (QED) is 0.429. The highest BCUT2D eigenvalue weighted by Crippen LogP contribution is 2.29. The van der Waals surface area contributed by atoms with Crippen LogP contribution in [0.1, 0.15) is 22.3 Å². The van der Waals surface area contributed by atoms with Crippen molar-refractivity contribution in [2.24, 2.45) is 0 Å². The number of carbonyl (C=O) groups excluding carboxylic acids is 2. The van der Waals surface area contributed by atoms with Gasteiger partial charge in [-0.05, 0) is 42.5 Å². The lowest BCUT2D eigenvalue weighted by Crippen LogP contribution is -2.18. The largest absolute Gasteiger partial charge is 0.465 e. The number of nitrogens with one attached hydrogen (secondary N) is 2. The predicted molar refractivity (Wildman–Crippen MR) is 105 cm³/mol. The van der Waals surface area contributed by atoms with Gasteiger partial charge in [0.2, 0.25) is 5.91 Å². The van der Waals surface area contributed by atoms with Crippen LogP contribution < -0.4 is 10.6 Å². The minimum atomic E-state index is -1.30. The number of benzene rings is 2. The van der Waals surface area contributed by atoms with Crippen LogP contribution in [0, 0.1) is 11.3 Å². The van der Waals surface area contributed by atoms with Gasteiger partial charge in [-0.1, -0.05) is 12.1 Å². The van der Waals surface area contributed by atoms with E-state index in [1.54, 1.807) is 36.4 Å². The number of anilines is 2. The van der Waals surface area contributed by atoms with Crippen molar-refractivity contribution in [3.05, 3.63) is 72.0 Å². The van der Waals surface area contributed by atoms with E-state index in [9.17, 15) is 14.4 Å². The molecule has 0 aliphatic carbocycles. The number of Topliss-reactive ketones (excluding diaryl/α,β-unsaturated/α-hetero) is 1. The van der Waals surface area contributed by atoms with E-state index in [2.05, 4.69) is 10.6 Å². The van der Waals surface area contributed by atoms with Gasteiger partial charge < -0.3 is 14.8 Å². The van der Waals surface area contributed by atoms with Gasteiger partial charge in [-0.2, -0.15) is 5.26 Å². The molecule has 0 aliphatic rings. The number of carbonyl (C=O) groups is 3. The molecule has 0 aliphatic heterocycles. The number of furan rings is 1. The molecule has 2 amide bonds. The van der Waals surface area contributed by atoms with E-state index in [0.29, 0.717) is 16.9 Å². The number of carboxylic acid groups (broad SMARTS) is 1. The van der Waals surface area contributed by atoms with Gasteiger partial charge >= 0.3 is 6.09 Å². The molecular weight excluding hydrogens is 374 g/mol. The number of nitrogens with zero attached hydrogens (tertiary/aromatic N) is 1. The van der Waals surface area contributed by atoms with Gasteiger partial charge in [-0.25, -0.2) is 4.79 Å². The third-order valence-corrected chi connectivity index (χ3v) is 3.98. The van der Waals surface area contributed by atoms with Gasteiger partial charge in [0.25, 0.3) is 0 Å². The zero-order valence-electron chi connectivity index (χ0n) is 15.0. The zero-order valence-corrected chi connectivity index (χ0v) is 15.0. The van der Waals surface area contributed by atoms with E-state index >= 15 is 0 Å². The first kappa shape index (κ1) is 19.4. The summed E-state index contributed by atoms with van der Waals surface area (Å²) in [5, 5.41) is 22.7. The number of hydrogen-bond donors (Lipinski definition) is 3. The minimum Gasteiger partial charge on any atom is -0.465 e. The molecule has 2 aromatic carbocycles. The fourth-order valence-corrected chi connectivity index (χ4v) is 2.67. The molecule has 3 N–H and O–H groups in total. The van der Waals surface area contributed by atoms with E-state index in [1.807, 2.05) is 6.07 Å². The standard InChI is InChI=1S/C21H15N3O5/c22-12-13-3-1-4-14(9-13)18(25)11-20(26)23-17-10-15(19-5-2-8-29-19)6-7-16(17)24-21(27)28/h1-10,24H,11H2,(H,23,26)(H,27,28). The maximum atomic E-state index is 12.4. The summed E-state index contributed by atoms with van der Waals surface area (Å²) in [5.74, 6) is -0.552. The fraction of sp³-hybridized carbons (Fsp3) is 0.0476. The van der Waals surface area contributed by atoms with Crippen LogP contribution in [0.4, 0.5) is 16.2 Å². The van der Waals surface area contributed by atoms with E-state index < -0.39 is 24.2 Å². The molecule has 1 aromatic heterocycles. The molecule has 8 nitrogen and oxygen atoms in total. The first-order valence-electron chi connectivity index (χ1n) is 8.47. The van der Waals surface area contributed by atoms with Crippen molar-refractivity contribution < 1.29 is 23.9 Å². The van der Waals surface area contributed by atoms with E-state index in [-0.39, 0.29) is 16.9 Å². The molecule has 0 spiro atoms. The Bertz CT molecular complexity index is 1110. The number of nitriles is 1. The number of ketones is 1. The Labute approximate surface area is 165 Å². The summed E-state index contributed by atoms with van der Waals surface area (Å²) in [6, 6.07) is 16.1. The minimum absolute atomic E-state index is 0.153. The van der Waals surface area contributed by atoms with Crippen LogP contribution in [0.3, 0.4) is 0 Å². The third-order valence-electron chi connectivity index (χ3n) is 3.98. The van der Waals surface area contributed by atoms with Gasteiger partial charge in [0.05, 0.1) is 35.7 Å². The summed E-state index contributed by atoms with van der Waals surface area (Å²) >= 11 is 0. The molecule has 8 heteroatoms. The highest BCUT2D eigenvalue weighted by Gasteiger charge is 2.16. The predicted octanol–water partition coefficient (Wildman–Crippen LogP) is 4.12. The first-order valence-corrected chi connectivity index (χ1v) is 8.47. The van der Waals surface area contributed by atoms with Crippen molar-refractivity contribution in [2.75, 3.05) is 10.6 Å². The Morgan fingerprint density at radius 3 is 2.52 bits per heavy atom. The Hall–Kier alpha value is -4.38. The van der Waals surface area contributed by atoms with Crippen LogP contribution in [0.5, 0.6) is 0 Å². The molecule has 144 valence electrons. The smallest absolute Gasteiger partial charge is 0.409 e. The van der Waals surface area contributed by atoms with E-state index in [0.717, 1.165) is 0 Å². The van der Waals surface area contributed by atoms with Crippen LogP contribution >= 0.6 is 0 Å². The lowest BCUT2D eigenvalue weighted by Gasteiger charge is -2.12. The van der Waals surface area contributed by atoms with Crippen LogP contribution in [0.25, 0.3) is 11.3 Å². The normalized spacial score (nSPS) is 10.0. The summed E-state index contributed by atoms with van der Waals surface area (Å²) < 4.78 is 5.31. The molecule has 0 saturated carbocycles. The molecular formula is C21H15N3O5. The van der Waals surface area contributed by atoms with Gasteiger partial charge in [0.15, 0.2) is 5.78 Å². The van der Waals surface area contributed by atoms with Crippen molar-refractivity contribution in [3.8, 4) is 17.4 Å². The second-order valence-electron chi connectivity index (χ2n) is 6.01. The van der Waals surface area contributed by atoms with Gasteiger partial charge in [-0.3, -0.25) is 14.9 Å². The molecule has 1 heterocycles. The van der Waals surface area contributed by atoms with Crippen molar-refractivity contribution in [2.45, 2.75) is 6.42 Å². The maximum Gasteiger partial charge on any atom is 0.409 e. The summed E-state index contributed by atoms with van der Waals surface area (Å²) in [6.45, 7) is 0. The third kappa shape index (κ3) is 4.87. The second-order valence-corrected chi connectivity index (χ2v) is 6.01. The molecule has 3 aromatic rings. The lowest BCUT2D eigenvalue weighted by molar-refractivity contribution is -0.115. The summed E-state index contributed by atoms with van der Waals surface area (Å²) in [4.78, 5) is 35.7. The summed E-state index contributed by atoms with van der Waals surface area (Å²) in [5.41, 5.74) is 1.52. The number of rotatable bonds is 6. The van der Waals surface area contributed by atoms with Crippen LogP contribution in [-0.4, -0.2) is 22.9 Å². The highest BCUT2D eigenvalue weighted by molar-refractivity contribution is 6.12. The zero-order chi connectivity index (χ0) is 20.8. The molecule has 0 unspecified atom stereocenters. The van der Waals surface area contributed by atoms with Crippen molar-refractivity contribution >= 4 is 29.2 Å². The Morgan fingerprint density at radius 1 is 1.00 bits per heavy atom. The summed E-state index contributed by atoms with van der Waals surface area (Å²) in [7, 11) is 0. The lowest BCUT2D eigenvalue weighted by atomic mass is 10.1. The maximum absolute atomic E-state index is 12.4. The molecule has 0 fully saturated rings. The first-order chi connectivity index (χ1) is 14.0. The monoisotopic (exact) mass is 389 g/mol. The fourth-order valence-electron chi connectivity index (χ4n) is 2.67. The number of amides is 2. The average molecular weight is 389 g/mol.